The van der Waals surface area contributed by atoms with Crippen LogP contribution in [0.5, 0.6) is 0 Å². The van der Waals surface area contributed by atoms with E-state index < -0.39 is 0 Å². The van der Waals surface area contributed by atoms with E-state index in [0.717, 1.165) is 17.7 Å². The van der Waals surface area contributed by atoms with Crippen LogP contribution in [0.2, 0.25) is 10.0 Å². The first-order valence-electron chi connectivity index (χ1n) is 5.62. The van der Waals surface area contributed by atoms with Crippen LogP contribution in [0, 0.1) is 6.92 Å². The summed E-state index contributed by atoms with van der Waals surface area (Å²) in [6.45, 7) is 3.94. The largest absolute Gasteiger partial charge is 0.383 e. The van der Waals surface area contributed by atoms with E-state index in [-0.39, 0.29) is 0 Å². The van der Waals surface area contributed by atoms with Gasteiger partial charge < -0.3 is 5.73 Å². The molecule has 18 heavy (non-hydrogen) atoms. The van der Waals surface area contributed by atoms with Gasteiger partial charge >= 0.3 is 0 Å². The van der Waals surface area contributed by atoms with Crippen LogP contribution in [0.15, 0.2) is 18.2 Å². The highest BCUT2D eigenvalue weighted by Crippen LogP contribution is 2.32. The maximum atomic E-state index is 6.16. The molecule has 2 aromatic rings. The first kappa shape index (κ1) is 13.1. The lowest BCUT2D eigenvalue weighted by Crippen LogP contribution is -2.04. The van der Waals surface area contributed by atoms with Crippen molar-refractivity contribution in [3.05, 3.63) is 39.5 Å². The van der Waals surface area contributed by atoms with Gasteiger partial charge in [-0.15, -0.1) is 0 Å². The summed E-state index contributed by atoms with van der Waals surface area (Å²) >= 11 is 12.2. The van der Waals surface area contributed by atoms with E-state index in [4.69, 9.17) is 28.9 Å². The van der Waals surface area contributed by atoms with Crippen molar-refractivity contribution in [2.24, 2.45) is 0 Å². The molecule has 3 nitrogen and oxygen atoms in total. The average molecular weight is 282 g/mol. The number of hydrogen-bond acceptors (Lipinski definition) is 3. The predicted octanol–water partition coefficient (Wildman–Crippen LogP) is 3.90. The molecular weight excluding hydrogens is 269 g/mol. The minimum absolute atomic E-state index is 0.449. The number of nitrogens with zero attached hydrogens (tertiary/aromatic N) is 2. The summed E-state index contributed by atoms with van der Waals surface area (Å²) in [5, 5.41) is 0.930. The Morgan fingerprint density at radius 2 is 1.94 bits per heavy atom. The third kappa shape index (κ3) is 2.28. The van der Waals surface area contributed by atoms with Crippen LogP contribution >= 0.6 is 23.2 Å². The van der Waals surface area contributed by atoms with Crippen LogP contribution in [-0.2, 0) is 6.42 Å². The van der Waals surface area contributed by atoms with Gasteiger partial charge in [0.1, 0.15) is 5.82 Å². The molecule has 0 radical (unpaired) electrons. The molecule has 0 aliphatic heterocycles. The summed E-state index contributed by atoms with van der Waals surface area (Å²) in [4.78, 5) is 8.77. The average Bonchev–Trinajstić information content (AvgIpc) is 2.36. The highest BCUT2D eigenvalue weighted by Gasteiger charge is 2.13. The number of halogens is 2. The van der Waals surface area contributed by atoms with Gasteiger partial charge in [0, 0.05) is 16.8 Å². The Morgan fingerprint density at radius 1 is 1.22 bits per heavy atom. The fourth-order valence-corrected chi connectivity index (χ4v) is 2.11. The van der Waals surface area contributed by atoms with Gasteiger partial charge in [-0.2, -0.15) is 0 Å². The summed E-state index contributed by atoms with van der Waals surface area (Å²) in [5.74, 6) is 0.996. The summed E-state index contributed by atoms with van der Waals surface area (Å²) < 4.78 is 0. The zero-order valence-electron chi connectivity index (χ0n) is 10.2. The number of aryl methyl sites for hydroxylation is 1. The number of nitrogens with two attached hydrogens (primary N) is 1. The van der Waals surface area contributed by atoms with Gasteiger partial charge in [-0.25, -0.2) is 9.97 Å². The Labute approximate surface area is 116 Å². The normalized spacial score (nSPS) is 10.7. The second kappa shape index (κ2) is 5.12. The summed E-state index contributed by atoms with van der Waals surface area (Å²) in [6.07, 6.45) is 0.795. The van der Waals surface area contributed by atoms with Crippen LogP contribution < -0.4 is 5.73 Å². The molecule has 0 spiro atoms. The third-order valence-electron chi connectivity index (χ3n) is 2.81. The molecule has 0 aliphatic rings. The van der Waals surface area contributed by atoms with Crippen molar-refractivity contribution < 1.29 is 0 Å². The monoisotopic (exact) mass is 281 g/mol. The van der Waals surface area contributed by atoms with E-state index in [2.05, 4.69) is 9.97 Å². The highest BCUT2D eigenvalue weighted by atomic mass is 35.5. The summed E-state index contributed by atoms with van der Waals surface area (Å²) in [7, 11) is 0. The fourth-order valence-electron chi connectivity index (χ4n) is 1.72. The fraction of sp³-hybridized carbons (Fsp3) is 0.231. The van der Waals surface area contributed by atoms with Gasteiger partial charge in [0.15, 0.2) is 5.82 Å². The Hall–Kier alpha value is -1.32. The summed E-state index contributed by atoms with van der Waals surface area (Å²) in [5.41, 5.74) is 8.44. The molecule has 0 saturated carbocycles. The molecule has 2 rings (SSSR count). The van der Waals surface area contributed by atoms with Crippen molar-refractivity contribution in [1.82, 2.24) is 9.97 Å². The van der Waals surface area contributed by atoms with Crippen molar-refractivity contribution >= 4 is 29.0 Å². The quantitative estimate of drug-likeness (QED) is 0.908. The zero-order valence-corrected chi connectivity index (χ0v) is 11.7. The van der Waals surface area contributed by atoms with Gasteiger partial charge in [0.05, 0.1) is 10.0 Å². The van der Waals surface area contributed by atoms with Gasteiger partial charge in [-0.1, -0.05) is 36.2 Å². The number of benzene rings is 1. The molecule has 0 aliphatic carbocycles. The molecule has 5 heteroatoms. The zero-order chi connectivity index (χ0) is 13.3. The van der Waals surface area contributed by atoms with Gasteiger partial charge in [0.2, 0.25) is 0 Å². The van der Waals surface area contributed by atoms with Crippen LogP contribution in [0.1, 0.15) is 18.2 Å². The Bertz CT molecular complexity index is 597. The van der Waals surface area contributed by atoms with Crippen molar-refractivity contribution in [2.75, 3.05) is 5.73 Å². The Kier molecular flexibility index (Phi) is 3.73. The van der Waals surface area contributed by atoms with Gasteiger partial charge in [0.25, 0.3) is 0 Å². The molecule has 94 valence electrons. The first-order valence-corrected chi connectivity index (χ1v) is 6.37. The van der Waals surface area contributed by atoms with Crippen LogP contribution in [-0.4, -0.2) is 9.97 Å². The molecule has 1 aromatic heterocycles. The van der Waals surface area contributed by atoms with Crippen LogP contribution in [0.3, 0.4) is 0 Å². The van der Waals surface area contributed by atoms with Gasteiger partial charge in [-0.3, -0.25) is 0 Å². The lowest BCUT2D eigenvalue weighted by Gasteiger charge is -2.10. The molecule has 0 unspecified atom stereocenters. The maximum Gasteiger partial charge on any atom is 0.163 e. The van der Waals surface area contributed by atoms with E-state index in [0.29, 0.717) is 27.3 Å². The molecule has 0 amide bonds. The van der Waals surface area contributed by atoms with Crippen LogP contribution in [0.25, 0.3) is 11.4 Å². The second-order valence-corrected chi connectivity index (χ2v) is 4.74. The molecule has 0 saturated heterocycles. The Morgan fingerprint density at radius 3 is 2.61 bits per heavy atom. The molecule has 0 bridgehead atoms. The van der Waals surface area contributed by atoms with E-state index in [1.807, 2.05) is 26.0 Å². The van der Waals surface area contributed by atoms with E-state index in [9.17, 15) is 0 Å². The molecule has 2 N–H and O–H groups in total. The van der Waals surface area contributed by atoms with E-state index >= 15 is 0 Å². The molecule has 1 heterocycles. The minimum Gasteiger partial charge on any atom is -0.383 e. The number of rotatable bonds is 2. The van der Waals surface area contributed by atoms with E-state index in [1.54, 1.807) is 6.07 Å². The number of anilines is 1. The number of nitrogen functional groups attached to an aromatic ring is 1. The minimum atomic E-state index is 0.449. The molecular formula is C13H13Cl2N3. The van der Waals surface area contributed by atoms with Crippen molar-refractivity contribution in [3.63, 3.8) is 0 Å². The molecule has 1 aromatic carbocycles. The van der Waals surface area contributed by atoms with Crippen molar-refractivity contribution in [3.8, 4) is 11.4 Å². The molecule has 0 atom stereocenters. The highest BCUT2D eigenvalue weighted by molar-refractivity contribution is 6.43. The Balaban J connectivity index is 2.64. The molecule has 0 fully saturated rings. The SMILES string of the molecule is CCc1nc(-c2cccc(Cl)c2Cl)nc(N)c1C. The maximum absolute atomic E-state index is 6.16. The standard InChI is InChI=1S/C13H13Cl2N3/c1-3-10-7(2)12(16)18-13(17-10)8-5-4-6-9(14)11(8)15/h4-6H,3H2,1-2H3,(H2,16,17,18). The topological polar surface area (TPSA) is 51.8 Å². The first-order chi connectivity index (χ1) is 8.54. The third-order valence-corrected chi connectivity index (χ3v) is 3.63. The number of aromatic nitrogens is 2. The van der Waals surface area contributed by atoms with Crippen LogP contribution in [0.4, 0.5) is 5.82 Å². The second-order valence-electron chi connectivity index (χ2n) is 3.96. The van der Waals surface area contributed by atoms with Crippen molar-refractivity contribution in [1.29, 1.82) is 0 Å². The lowest BCUT2D eigenvalue weighted by molar-refractivity contribution is 0.982. The van der Waals surface area contributed by atoms with Crippen molar-refractivity contribution in [2.45, 2.75) is 20.3 Å². The lowest BCUT2D eigenvalue weighted by atomic mass is 10.1. The predicted molar refractivity (Wildman–Crippen MR) is 76.0 cm³/mol. The smallest absolute Gasteiger partial charge is 0.163 e. The van der Waals surface area contributed by atoms with E-state index in [1.165, 1.54) is 0 Å². The van der Waals surface area contributed by atoms with Gasteiger partial charge in [-0.05, 0) is 25.5 Å². The summed E-state index contributed by atoms with van der Waals surface area (Å²) in [6, 6.07) is 5.37. The number of hydrogen-bond donors (Lipinski definition) is 1.